The van der Waals surface area contributed by atoms with E-state index in [9.17, 15) is 14.7 Å². The Morgan fingerprint density at radius 3 is 2.46 bits per heavy atom. The topological polar surface area (TPSA) is 75.4 Å². The molecule has 1 N–H and O–H groups in total. The summed E-state index contributed by atoms with van der Waals surface area (Å²) in [5, 5.41) is 14.5. The monoisotopic (exact) mass is 395 g/mol. The highest BCUT2D eigenvalue weighted by atomic mass is 35.5. The molecular weight excluding hydrogens is 378 g/mol. The number of carbonyl (C=O) groups excluding carboxylic acids is 1. The van der Waals surface area contributed by atoms with Crippen molar-refractivity contribution in [3.05, 3.63) is 82.1 Å². The van der Waals surface area contributed by atoms with Crippen molar-refractivity contribution in [3.8, 4) is 5.69 Å². The van der Waals surface area contributed by atoms with Crippen LogP contribution in [0.5, 0.6) is 0 Å². The number of nitrogens with zero attached hydrogens (tertiary/aromatic N) is 3. The first kappa shape index (κ1) is 18.3. The Hall–Kier alpha value is -3.12. The SMILES string of the molecule is O=C(O)c1nn(-c2ccccc2)c2c1CN(C(=O)Cc1ccc(Cl)cc1)CC2. The molecule has 1 aromatic heterocycles. The quantitative estimate of drug-likeness (QED) is 0.735. The lowest BCUT2D eigenvalue weighted by atomic mass is 10.0. The summed E-state index contributed by atoms with van der Waals surface area (Å²) >= 11 is 5.89. The minimum absolute atomic E-state index is 0.00264. The normalized spacial score (nSPS) is 13.2. The van der Waals surface area contributed by atoms with Gasteiger partial charge in [0.1, 0.15) is 0 Å². The molecule has 0 aliphatic carbocycles. The average molecular weight is 396 g/mol. The number of fused-ring (bicyclic) bond motifs is 1. The fraction of sp³-hybridized carbons (Fsp3) is 0.190. The third kappa shape index (κ3) is 3.51. The molecule has 0 unspecified atom stereocenters. The fourth-order valence-corrected chi connectivity index (χ4v) is 3.60. The van der Waals surface area contributed by atoms with E-state index in [1.807, 2.05) is 42.5 Å². The summed E-state index contributed by atoms with van der Waals surface area (Å²) in [6.07, 6.45) is 0.804. The number of hydrogen-bond donors (Lipinski definition) is 1. The van der Waals surface area contributed by atoms with E-state index in [2.05, 4.69) is 5.10 Å². The molecular formula is C21H18ClN3O3. The van der Waals surface area contributed by atoms with E-state index in [1.165, 1.54) is 0 Å². The zero-order valence-electron chi connectivity index (χ0n) is 15.0. The largest absolute Gasteiger partial charge is 0.476 e. The number of rotatable bonds is 4. The van der Waals surface area contributed by atoms with Gasteiger partial charge in [-0.1, -0.05) is 41.9 Å². The molecule has 28 heavy (non-hydrogen) atoms. The summed E-state index contributed by atoms with van der Waals surface area (Å²) in [7, 11) is 0. The van der Waals surface area contributed by atoms with Gasteiger partial charge in [-0.05, 0) is 29.8 Å². The Bertz CT molecular complexity index is 1030. The minimum atomic E-state index is -1.09. The number of hydrogen-bond acceptors (Lipinski definition) is 3. The number of para-hydroxylation sites is 1. The van der Waals surface area contributed by atoms with Crippen molar-refractivity contribution in [2.24, 2.45) is 0 Å². The van der Waals surface area contributed by atoms with E-state index in [-0.39, 0.29) is 24.6 Å². The van der Waals surface area contributed by atoms with Crippen molar-refractivity contribution < 1.29 is 14.7 Å². The van der Waals surface area contributed by atoms with Crippen LogP contribution in [0.25, 0.3) is 5.69 Å². The molecule has 1 amide bonds. The number of carbonyl (C=O) groups is 2. The van der Waals surface area contributed by atoms with E-state index in [0.29, 0.717) is 23.6 Å². The summed E-state index contributed by atoms with van der Waals surface area (Å²) in [4.78, 5) is 26.2. The van der Waals surface area contributed by atoms with Gasteiger partial charge in [-0.3, -0.25) is 4.79 Å². The van der Waals surface area contributed by atoms with E-state index in [4.69, 9.17) is 11.6 Å². The predicted octanol–water partition coefficient (Wildman–Crippen LogP) is 3.35. The third-order valence-electron chi connectivity index (χ3n) is 4.88. The van der Waals surface area contributed by atoms with Crippen LogP contribution in [0.3, 0.4) is 0 Å². The Labute approximate surface area is 167 Å². The number of aromatic carboxylic acids is 1. The van der Waals surface area contributed by atoms with Gasteiger partial charge in [0.25, 0.3) is 0 Å². The lowest BCUT2D eigenvalue weighted by Crippen LogP contribution is -2.37. The van der Waals surface area contributed by atoms with Gasteiger partial charge in [-0.15, -0.1) is 0 Å². The summed E-state index contributed by atoms with van der Waals surface area (Å²) in [5.41, 5.74) is 3.14. The van der Waals surface area contributed by atoms with Gasteiger partial charge < -0.3 is 10.0 Å². The lowest BCUT2D eigenvalue weighted by Gasteiger charge is -2.28. The first-order chi connectivity index (χ1) is 13.5. The summed E-state index contributed by atoms with van der Waals surface area (Å²) in [6.45, 7) is 0.771. The van der Waals surface area contributed by atoms with Crippen LogP contribution in [0.4, 0.5) is 0 Å². The molecule has 3 aromatic rings. The van der Waals surface area contributed by atoms with Gasteiger partial charge in [0.05, 0.1) is 17.8 Å². The number of carboxylic acid groups (broad SMARTS) is 1. The Balaban J connectivity index is 1.61. The predicted molar refractivity (Wildman–Crippen MR) is 105 cm³/mol. The van der Waals surface area contributed by atoms with Gasteiger partial charge >= 0.3 is 5.97 Å². The van der Waals surface area contributed by atoms with Crippen LogP contribution in [-0.4, -0.2) is 38.2 Å². The van der Waals surface area contributed by atoms with Crippen molar-refractivity contribution in [1.82, 2.24) is 14.7 Å². The van der Waals surface area contributed by atoms with Gasteiger partial charge in [0.15, 0.2) is 5.69 Å². The molecule has 1 aliphatic rings. The molecule has 0 radical (unpaired) electrons. The minimum Gasteiger partial charge on any atom is -0.476 e. The smallest absolute Gasteiger partial charge is 0.356 e. The third-order valence-corrected chi connectivity index (χ3v) is 5.13. The Kier molecular flexibility index (Phi) is 4.88. The molecule has 142 valence electrons. The second-order valence-electron chi connectivity index (χ2n) is 6.69. The molecule has 0 atom stereocenters. The summed E-state index contributed by atoms with van der Waals surface area (Å²) in [6, 6.07) is 16.6. The van der Waals surface area contributed by atoms with Crippen LogP contribution < -0.4 is 0 Å². The Morgan fingerprint density at radius 2 is 1.79 bits per heavy atom. The van der Waals surface area contributed by atoms with Crippen molar-refractivity contribution in [3.63, 3.8) is 0 Å². The molecule has 6 nitrogen and oxygen atoms in total. The van der Waals surface area contributed by atoms with Crippen LogP contribution >= 0.6 is 11.6 Å². The van der Waals surface area contributed by atoms with Crippen molar-refractivity contribution in [2.45, 2.75) is 19.4 Å². The van der Waals surface area contributed by atoms with Crippen LogP contribution in [0.1, 0.15) is 27.3 Å². The van der Waals surface area contributed by atoms with Crippen LogP contribution in [0.15, 0.2) is 54.6 Å². The average Bonchev–Trinajstić information content (AvgIpc) is 3.09. The summed E-state index contributed by atoms with van der Waals surface area (Å²) < 4.78 is 1.68. The molecule has 0 saturated heterocycles. The highest BCUT2D eigenvalue weighted by molar-refractivity contribution is 6.30. The zero-order chi connectivity index (χ0) is 19.7. The molecule has 0 spiro atoms. The number of amides is 1. The molecule has 0 bridgehead atoms. The number of aromatic nitrogens is 2. The first-order valence-corrected chi connectivity index (χ1v) is 9.32. The lowest BCUT2D eigenvalue weighted by molar-refractivity contribution is -0.131. The van der Waals surface area contributed by atoms with Crippen LogP contribution in [0, 0.1) is 0 Å². The fourth-order valence-electron chi connectivity index (χ4n) is 3.48. The second-order valence-corrected chi connectivity index (χ2v) is 7.13. The zero-order valence-corrected chi connectivity index (χ0v) is 15.8. The molecule has 2 heterocycles. The van der Waals surface area contributed by atoms with Gasteiger partial charge in [0, 0.05) is 30.1 Å². The van der Waals surface area contributed by atoms with Crippen LogP contribution in [-0.2, 0) is 24.2 Å². The van der Waals surface area contributed by atoms with Crippen molar-refractivity contribution >= 4 is 23.5 Å². The van der Waals surface area contributed by atoms with Gasteiger partial charge in [-0.2, -0.15) is 5.10 Å². The maximum absolute atomic E-state index is 12.7. The van der Waals surface area contributed by atoms with E-state index in [0.717, 1.165) is 16.9 Å². The van der Waals surface area contributed by atoms with Crippen LogP contribution in [0.2, 0.25) is 5.02 Å². The summed E-state index contributed by atoms with van der Waals surface area (Å²) in [5.74, 6) is -1.13. The first-order valence-electron chi connectivity index (χ1n) is 8.94. The van der Waals surface area contributed by atoms with E-state index >= 15 is 0 Å². The van der Waals surface area contributed by atoms with E-state index < -0.39 is 5.97 Å². The molecule has 1 aliphatic heterocycles. The highest BCUT2D eigenvalue weighted by Crippen LogP contribution is 2.26. The van der Waals surface area contributed by atoms with Crippen molar-refractivity contribution in [2.75, 3.05) is 6.54 Å². The maximum atomic E-state index is 12.7. The highest BCUT2D eigenvalue weighted by Gasteiger charge is 2.30. The van der Waals surface area contributed by atoms with E-state index in [1.54, 1.807) is 21.7 Å². The Morgan fingerprint density at radius 1 is 1.07 bits per heavy atom. The number of halogens is 1. The molecule has 0 fully saturated rings. The molecule has 0 saturated carbocycles. The molecule has 2 aromatic carbocycles. The van der Waals surface area contributed by atoms with Crippen molar-refractivity contribution in [1.29, 1.82) is 0 Å². The molecule has 4 rings (SSSR count). The maximum Gasteiger partial charge on any atom is 0.356 e. The van der Waals surface area contributed by atoms with Gasteiger partial charge in [0.2, 0.25) is 5.91 Å². The van der Waals surface area contributed by atoms with Gasteiger partial charge in [-0.25, -0.2) is 9.48 Å². The second kappa shape index (κ2) is 7.48. The number of carboxylic acids is 1. The molecule has 7 heteroatoms. The standard InChI is InChI=1S/C21H18ClN3O3/c22-15-8-6-14(7-9-15)12-19(26)24-11-10-18-17(13-24)20(21(27)28)23-25(18)16-4-2-1-3-5-16/h1-9H,10-13H2,(H,27,28). The number of benzene rings is 2.